The van der Waals surface area contributed by atoms with E-state index >= 15 is 0 Å². The van der Waals surface area contributed by atoms with Crippen LogP contribution in [0.5, 0.6) is 0 Å². The number of pyridine rings is 1. The second kappa shape index (κ2) is 15.2. The second-order valence-corrected chi connectivity index (χ2v) is 10.8. The summed E-state index contributed by atoms with van der Waals surface area (Å²) in [5.74, 6) is -4.09. The highest BCUT2D eigenvalue weighted by molar-refractivity contribution is 7.19. The monoisotopic (exact) mass is 645 g/mol. The van der Waals surface area contributed by atoms with Crippen molar-refractivity contribution in [3.8, 4) is 0 Å². The molecule has 3 aromatic heterocycles. The number of hydrogen-bond acceptors (Lipinski definition) is 13. The van der Waals surface area contributed by atoms with Crippen LogP contribution < -0.4 is 10.6 Å². The quantitative estimate of drug-likeness (QED) is 0.199. The number of ether oxygens (including phenoxy) is 4. The molecular weight excluding hydrogens is 614 g/mol. The van der Waals surface area contributed by atoms with E-state index in [-0.39, 0.29) is 68.6 Å². The fourth-order valence-electron chi connectivity index (χ4n) is 3.89. The number of thiophene rings is 2. The van der Waals surface area contributed by atoms with Gasteiger partial charge in [0, 0.05) is 6.20 Å². The third-order valence-corrected chi connectivity index (χ3v) is 8.26. The molecule has 0 aliphatic carbocycles. The minimum absolute atomic E-state index is 0.0232. The van der Waals surface area contributed by atoms with E-state index in [1.165, 1.54) is 12.1 Å². The number of anilines is 2. The maximum absolute atomic E-state index is 13.1. The Kier molecular flexibility index (Phi) is 11.7. The Morgan fingerprint density at radius 3 is 1.43 bits per heavy atom. The molecule has 44 heavy (non-hydrogen) atoms. The summed E-state index contributed by atoms with van der Waals surface area (Å²) in [7, 11) is 0. The molecule has 0 atom stereocenters. The molecule has 0 aromatic carbocycles. The molecule has 0 radical (unpaired) electrons. The molecule has 0 saturated carbocycles. The summed E-state index contributed by atoms with van der Waals surface area (Å²) in [5, 5.41) is 5.37. The zero-order chi connectivity index (χ0) is 32.6. The number of amides is 2. The lowest BCUT2D eigenvalue weighted by Gasteiger charge is -2.08. The summed E-state index contributed by atoms with van der Waals surface area (Å²) >= 11 is 1.74. The summed E-state index contributed by atoms with van der Waals surface area (Å²) in [6.45, 7) is 10.1. The number of aromatic nitrogens is 1. The van der Waals surface area contributed by atoms with Crippen molar-refractivity contribution in [3.63, 3.8) is 0 Å². The molecule has 2 N–H and O–H groups in total. The third kappa shape index (κ3) is 7.47. The first kappa shape index (κ1) is 33.9. The standard InChI is InChI=1S/C29H31N3O10S2/c1-7-39-26(35)18-14(5)20(28(37)41-9-3)43-24(18)31-22(33)16-11-12-17(30-13-16)23(34)32-25-19(27(36)40-8-2)15(6)21(44-25)29(38)42-10-4/h11-13H,7-10H2,1-6H3,(H,31,33)(H,32,34). The molecule has 3 heterocycles. The van der Waals surface area contributed by atoms with Crippen molar-refractivity contribution < 1.29 is 47.7 Å². The maximum Gasteiger partial charge on any atom is 0.348 e. The number of carbonyl (C=O) groups excluding carboxylic acids is 6. The van der Waals surface area contributed by atoms with E-state index in [1.807, 2.05) is 0 Å². The Balaban J connectivity index is 1.85. The fourth-order valence-corrected chi connectivity index (χ4v) is 6.06. The molecular formula is C29H31N3O10S2. The van der Waals surface area contributed by atoms with Gasteiger partial charge in [-0.2, -0.15) is 0 Å². The van der Waals surface area contributed by atoms with Gasteiger partial charge >= 0.3 is 23.9 Å². The lowest BCUT2D eigenvalue weighted by molar-refractivity contribution is 0.0510. The minimum Gasteiger partial charge on any atom is -0.462 e. The van der Waals surface area contributed by atoms with Gasteiger partial charge in [0.05, 0.1) is 43.1 Å². The predicted octanol–water partition coefficient (Wildman–Crippen LogP) is 5.03. The summed E-state index contributed by atoms with van der Waals surface area (Å²) in [6, 6.07) is 2.63. The number of rotatable bonds is 12. The molecule has 0 saturated heterocycles. The van der Waals surface area contributed by atoms with Crippen molar-refractivity contribution in [2.24, 2.45) is 0 Å². The number of esters is 4. The van der Waals surface area contributed by atoms with E-state index in [1.54, 1.807) is 41.5 Å². The molecule has 0 aliphatic rings. The molecule has 0 fully saturated rings. The van der Waals surface area contributed by atoms with Crippen LogP contribution in [0.15, 0.2) is 18.3 Å². The number of carbonyl (C=O) groups is 6. The highest BCUT2D eigenvalue weighted by atomic mass is 32.1. The Hall–Kier alpha value is -4.63. The molecule has 234 valence electrons. The van der Waals surface area contributed by atoms with Crippen LogP contribution in [-0.4, -0.2) is 67.1 Å². The van der Waals surface area contributed by atoms with Crippen LogP contribution in [0.1, 0.15) is 99.7 Å². The minimum atomic E-state index is -0.718. The number of nitrogens with one attached hydrogen (secondary N) is 2. The molecule has 3 aromatic rings. The Morgan fingerprint density at radius 1 is 0.636 bits per heavy atom. The molecule has 3 rings (SSSR count). The van der Waals surface area contributed by atoms with Gasteiger partial charge in [0.25, 0.3) is 11.8 Å². The normalized spacial score (nSPS) is 10.5. The first-order valence-corrected chi connectivity index (χ1v) is 15.2. The molecule has 2 amide bonds. The van der Waals surface area contributed by atoms with Crippen molar-refractivity contribution in [1.82, 2.24) is 4.98 Å². The second-order valence-electron chi connectivity index (χ2n) is 8.74. The number of nitrogens with zero attached hydrogens (tertiary/aromatic N) is 1. The van der Waals surface area contributed by atoms with E-state index in [4.69, 9.17) is 18.9 Å². The largest absolute Gasteiger partial charge is 0.462 e. The molecule has 13 nitrogen and oxygen atoms in total. The molecule has 0 unspecified atom stereocenters. The Bertz CT molecular complexity index is 1470. The predicted molar refractivity (Wildman–Crippen MR) is 162 cm³/mol. The summed E-state index contributed by atoms with van der Waals surface area (Å²) in [6.07, 6.45) is 1.15. The van der Waals surface area contributed by atoms with Crippen LogP contribution >= 0.6 is 22.7 Å². The van der Waals surface area contributed by atoms with Crippen molar-refractivity contribution in [1.29, 1.82) is 0 Å². The van der Waals surface area contributed by atoms with Crippen LogP contribution in [-0.2, 0) is 18.9 Å². The lowest BCUT2D eigenvalue weighted by Crippen LogP contribution is -2.18. The van der Waals surface area contributed by atoms with Gasteiger partial charge in [-0.1, -0.05) is 0 Å². The van der Waals surface area contributed by atoms with Gasteiger partial charge in [0.2, 0.25) is 0 Å². The van der Waals surface area contributed by atoms with Crippen LogP contribution in [0, 0.1) is 13.8 Å². The van der Waals surface area contributed by atoms with Gasteiger partial charge in [-0.25, -0.2) is 19.2 Å². The van der Waals surface area contributed by atoms with Crippen molar-refractivity contribution in [2.45, 2.75) is 41.5 Å². The molecule has 0 spiro atoms. The van der Waals surface area contributed by atoms with E-state index in [0.29, 0.717) is 11.1 Å². The van der Waals surface area contributed by atoms with Crippen LogP contribution in [0.4, 0.5) is 10.0 Å². The fraction of sp³-hybridized carbons (Fsp3) is 0.345. The highest BCUT2D eigenvalue weighted by Gasteiger charge is 2.29. The van der Waals surface area contributed by atoms with Crippen LogP contribution in [0.2, 0.25) is 0 Å². The van der Waals surface area contributed by atoms with Crippen molar-refractivity contribution in [3.05, 3.63) is 61.6 Å². The Morgan fingerprint density at radius 2 is 1.05 bits per heavy atom. The van der Waals surface area contributed by atoms with Crippen molar-refractivity contribution in [2.75, 3.05) is 37.1 Å². The van der Waals surface area contributed by atoms with E-state index in [9.17, 15) is 28.8 Å². The smallest absolute Gasteiger partial charge is 0.348 e. The van der Waals surface area contributed by atoms with Crippen molar-refractivity contribution >= 4 is 68.4 Å². The number of hydrogen-bond donors (Lipinski definition) is 2. The SMILES string of the molecule is CCOC(=O)c1sc(NC(=O)c2ccc(C(=O)Nc3sc(C(=O)OCC)c(C)c3C(=O)OCC)nc2)c(C(=O)OCC)c1C. The summed E-state index contributed by atoms with van der Waals surface area (Å²) < 4.78 is 20.3. The third-order valence-electron chi connectivity index (χ3n) is 5.89. The van der Waals surface area contributed by atoms with Gasteiger partial charge in [0.1, 0.15) is 25.5 Å². The molecule has 0 aliphatic heterocycles. The maximum atomic E-state index is 13.1. The Labute approximate surface area is 260 Å². The van der Waals surface area contributed by atoms with E-state index in [2.05, 4.69) is 15.6 Å². The van der Waals surface area contributed by atoms with E-state index < -0.39 is 35.7 Å². The topological polar surface area (TPSA) is 176 Å². The van der Waals surface area contributed by atoms with Crippen LogP contribution in [0.25, 0.3) is 0 Å². The summed E-state index contributed by atoms with van der Waals surface area (Å²) in [5.41, 5.74) is 0.620. The summed E-state index contributed by atoms with van der Waals surface area (Å²) in [4.78, 5) is 80.5. The van der Waals surface area contributed by atoms with E-state index in [0.717, 1.165) is 28.9 Å². The zero-order valence-electron chi connectivity index (χ0n) is 24.9. The zero-order valence-corrected chi connectivity index (χ0v) is 26.5. The highest BCUT2D eigenvalue weighted by Crippen LogP contribution is 2.36. The first-order chi connectivity index (χ1) is 21.0. The van der Waals surface area contributed by atoms with Gasteiger partial charge in [-0.3, -0.25) is 14.6 Å². The van der Waals surface area contributed by atoms with Gasteiger partial charge in [-0.15, -0.1) is 22.7 Å². The average molecular weight is 646 g/mol. The van der Waals surface area contributed by atoms with Gasteiger partial charge < -0.3 is 29.6 Å². The van der Waals surface area contributed by atoms with Gasteiger partial charge in [0.15, 0.2) is 0 Å². The average Bonchev–Trinajstić information content (AvgIpc) is 3.49. The molecule has 0 bridgehead atoms. The molecule has 15 heteroatoms. The lowest BCUT2D eigenvalue weighted by atomic mass is 10.1. The van der Waals surface area contributed by atoms with Gasteiger partial charge in [-0.05, 0) is 64.8 Å². The first-order valence-electron chi connectivity index (χ1n) is 13.5. The van der Waals surface area contributed by atoms with Crippen LogP contribution in [0.3, 0.4) is 0 Å².